The van der Waals surface area contributed by atoms with Gasteiger partial charge in [-0.3, -0.25) is 4.99 Å². The van der Waals surface area contributed by atoms with Crippen LogP contribution in [-0.2, 0) is 0 Å². The number of carboxylic acid groups (broad SMARTS) is 1. The van der Waals surface area contributed by atoms with Crippen molar-refractivity contribution in [2.24, 2.45) is 9.98 Å². The van der Waals surface area contributed by atoms with Crippen molar-refractivity contribution in [3.63, 3.8) is 0 Å². The molecular formula is C30H25FN4O4. The van der Waals surface area contributed by atoms with E-state index in [2.05, 4.69) is 27.5 Å². The van der Waals surface area contributed by atoms with E-state index in [0.717, 1.165) is 22.4 Å². The predicted molar refractivity (Wildman–Crippen MR) is 148 cm³/mol. The van der Waals surface area contributed by atoms with E-state index in [0.29, 0.717) is 22.7 Å². The van der Waals surface area contributed by atoms with E-state index in [-0.39, 0.29) is 23.4 Å². The third kappa shape index (κ3) is 4.92. The van der Waals surface area contributed by atoms with Crippen LogP contribution in [0, 0.1) is 17.7 Å². The summed E-state index contributed by atoms with van der Waals surface area (Å²) in [6, 6.07) is 15.2. The average molecular weight is 525 g/mol. The highest BCUT2D eigenvalue weighted by molar-refractivity contribution is 6.18. The number of hydrogen-bond acceptors (Lipinski definition) is 7. The molecule has 0 saturated heterocycles. The molecular weight excluding hydrogens is 499 g/mol. The van der Waals surface area contributed by atoms with Crippen LogP contribution in [0.4, 0.5) is 10.1 Å². The first-order valence-electron chi connectivity index (χ1n) is 12.1. The molecule has 2 aliphatic heterocycles. The number of aromatic carboxylic acids is 1. The number of fused-ring (bicyclic) bond motifs is 2. The maximum Gasteiger partial charge on any atom is 0.339 e. The molecule has 0 bridgehead atoms. The Morgan fingerprint density at radius 2 is 1.92 bits per heavy atom. The lowest BCUT2D eigenvalue weighted by Crippen LogP contribution is -2.37. The molecule has 3 N–H and O–H groups in total. The van der Waals surface area contributed by atoms with Gasteiger partial charge < -0.3 is 25.2 Å². The number of aliphatic imine (C=N–C) groups is 2. The van der Waals surface area contributed by atoms with Crippen molar-refractivity contribution < 1.29 is 23.8 Å². The van der Waals surface area contributed by atoms with Gasteiger partial charge in [-0.2, -0.15) is 0 Å². The monoisotopic (exact) mass is 524 g/mol. The van der Waals surface area contributed by atoms with Gasteiger partial charge in [-0.1, -0.05) is 18.1 Å². The first kappa shape index (κ1) is 25.5. The molecule has 39 heavy (non-hydrogen) atoms. The molecule has 1 unspecified atom stereocenters. The standard InChI is InChI=1S/C30H25FN4O4/c1-4-6-17-9-11-20-22(13-17)28(26-23(31)7-5-8-24(26)38-2)32-15-18-16-33-30(35-27(18)20)34-19-10-12-21(29(36)37)25(14-19)39-3/h5,7-14,16,30,34-35H,15H2,1-3H3,(H,36,37). The minimum absolute atomic E-state index is 0.0603. The lowest BCUT2D eigenvalue weighted by Gasteiger charge is -2.26. The second-order valence-corrected chi connectivity index (χ2v) is 8.71. The highest BCUT2D eigenvalue weighted by Gasteiger charge is 2.28. The molecule has 0 amide bonds. The normalized spacial score (nSPS) is 15.5. The maximum absolute atomic E-state index is 15.2. The molecule has 5 rings (SSSR count). The van der Waals surface area contributed by atoms with Gasteiger partial charge in [-0.15, -0.1) is 5.92 Å². The molecule has 3 aromatic carbocycles. The Morgan fingerprint density at radius 1 is 1.10 bits per heavy atom. The molecule has 8 nitrogen and oxygen atoms in total. The van der Waals surface area contributed by atoms with E-state index in [1.807, 2.05) is 18.2 Å². The van der Waals surface area contributed by atoms with E-state index >= 15 is 4.39 Å². The molecule has 0 radical (unpaired) electrons. The van der Waals surface area contributed by atoms with Gasteiger partial charge in [0.1, 0.15) is 22.9 Å². The molecule has 0 aromatic heterocycles. The third-order valence-corrected chi connectivity index (χ3v) is 6.37. The van der Waals surface area contributed by atoms with Crippen molar-refractivity contribution in [1.82, 2.24) is 5.32 Å². The van der Waals surface area contributed by atoms with E-state index < -0.39 is 18.1 Å². The van der Waals surface area contributed by atoms with E-state index in [1.165, 1.54) is 26.4 Å². The number of rotatable bonds is 6. The zero-order chi connectivity index (χ0) is 27.5. The number of anilines is 1. The van der Waals surface area contributed by atoms with Crippen LogP contribution >= 0.6 is 0 Å². The molecule has 0 saturated carbocycles. The zero-order valence-corrected chi connectivity index (χ0v) is 21.5. The smallest absolute Gasteiger partial charge is 0.339 e. The van der Waals surface area contributed by atoms with Crippen LogP contribution in [0.1, 0.15) is 39.5 Å². The fourth-order valence-electron chi connectivity index (χ4n) is 4.60. The van der Waals surface area contributed by atoms with Gasteiger partial charge in [0.2, 0.25) is 0 Å². The quantitative estimate of drug-likeness (QED) is 0.409. The number of halogens is 1. The van der Waals surface area contributed by atoms with E-state index in [4.69, 9.17) is 14.5 Å². The molecule has 0 aliphatic carbocycles. The second-order valence-electron chi connectivity index (χ2n) is 8.71. The summed E-state index contributed by atoms with van der Waals surface area (Å²) in [7, 11) is 2.92. The fourth-order valence-corrected chi connectivity index (χ4v) is 4.60. The largest absolute Gasteiger partial charge is 0.496 e. The molecule has 0 fully saturated rings. The minimum atomic E-state index is -1.08. The summed E-state index contributed by atoms with van der Waals surface area (Å²) in [5.74, 6) is 5.08. The molecule has 196 valence electrons. The van der Waals surface area contributed by atoms with Crippen LogP contribution < -0.4 is 20.1 Å². The molecule has 9 heteroatoms. The summed E-state index contributed by atoms with van der Waals surface area (Å²) < 4.78 is 25.9. The third-order valence-electron chi connectivity index (χ3n) is 6.37. The summed E-state index contributed by atoms with van der Waals surface area (Å²) in [5.41, 5.74) is 5.32. The van der Waals surface area contributed by atoms with Crippen LogP contribution in [0.2, 0.25) is 0 Å². The number of nitrogens with one attached hydrogen (secondary N) is 2. The van der Waals surface area contributed by atoms with Crippen LogP contribution in [0.3, 0.4) is 0 Å². The number of methoxy groups -OCH3 is 2. The first-order chi connectivity index (χ1) is 18.9. The maximum atomic E-state index is 15.2. The van der Waals surface area contributed by atoms with Crippen molar-refractivity contribution in [3.8, 4) is 23.3 Å². The van der Waals surface area contributed by atoms with Gasteiger partial charge >= 0.3 is 5.97 Å². The van der Waals surface area contributed by atoms with Gasteiger partial charge in [0.25, 0.3) is 0 Å². The van der Waals surface area contributed by atoms with Gasteiger partial charge in [-0.05, 0) is 43.3 Å². The first-order valence-corrected chi connectivity index (χ1v) is 12.1. The predicted octanol–water partition coefficient (Wildman–Crippen LogP) is 4.54. The Bertz CT molecular complexity index is 1630. The number of carboxylic acids is 1. The molecule has 3 aromatic rings. The Morgan fingerprint density at radius 3 is 2.67 bits per heavy atom. The number of hydrogen-bond donors (Lipinski definition) is 3. The van der Waals surface area contributed by atoms with Gasteiger partial charge in [-0.25, -0.2) is 14.2 Å². The number of nitrogens with zero attached hydrogens (tertiary/aromatic N) is 2. The molecule has 1 atom stereocenters. The van der Waals surface area contributed by atoms with Gasteiger partial charge in [0, 0.05) is 40.2 Å². The van der Waals surface area contributed by atoms with Crippen molar-refractivity contribution in [1.29, 1.82) is 0 Å². The van der Waals surface area contributed by atoms with Crippen molar-refractivity contribution in [2.45, 2.75) is 13.2 Å². The summed E-state index contributed by atoms with van der Waals surface area (Å²) in [6.45, 7) is 2.02. The SMILES string of the molecule is CC#Cc1ccc2c(c1)C(c1c(F)cccc1OC)=NCC1=C2NC(Nc2ccc(C(=O)O)c(OC)c2)N=C1. The van der Waals surface area contributed by atoms with Crippen molar-refractivity contribution in [2.75, 3.05) is 26.1 Å². The Hall–Kier alpha value is -5.10. The topological polar surface area (TPSA) is 105 Å². The van der Waals surface area contributed by atoms with E-state index in [9.17, 15) is 9.90 Å². The summed E-state index contributed by atoms with van der Waals surface area (Å²) in [6.07, 6.45) is 1.16. The number of carbonyl (C=O) groups is 1. The lowest BCUT2D eigenvalue weighted by molar-refractivity contribution is 0.0693. The molecule has 2 aliphatic rings. The average Bonchev–Trinajstić information content (AvgIpc) is 3.09. The Labute approximate surface area is 224 Å². The minimum Gasteiger partial charge on any atom is -0.496 e. The molecule has 2 heterocycles. The van der Waals surface area contributed by atoms with Gasteiger partial charge in [0.05, 0.1) is 37.7 Å². The van der Waals surface area contributed by atoms with Crippen LogP contribution in [0.25, 0.3) is 5.70 Å². The van der Waals surface area contributed by atoms with Crippen molar-refractivity contribution in [3.05, 3.63) is 93.8 Å². The van der Waals surface area contributed by atoms with Crippen molar-refractivity contribution >= 4 is 29.3 Å². The van der Waals surface area contributed by atoms with Crippen LogP contribution in [0.5, 0.6) is 11.5 Å². The number of ether oxygens (including phenoxy) is 2. The Balaban J connectivity index is 1.54. The highest BCUT2D eigenvalue weighted by Crippen LogP contribution is 2.33. The Kier molecular flexibility index (Phi) is 7.02. The zero-order valence-electron chi connectivity index (χ0n) is 21.5. The fraction of sp³-hybridized carbons (Fsp3) is 0.167. The summed E-state index contributed by atoms with van der Waals surface area (Å²) in [5, 5.41) is 16.0. The summed E-state index contributed by atoms with van der Waals surface area (Å²) >= 11 is 0. The lowest BCUT2D eigenvalue weighted by atomic mass is 9.92. The van der Waals surface area contributed by atoms with Gasteiger partial charge in [0.15, 0.2) is 6.29 Å². The van der Waals surface area contributed by atoms with Crippen LogP contribution in [0.15, 0.2) is 70.2 Å². The van der Waals surface area contributed by atoms with Crippen LogP contribution in [-0.4, -0.2) is 50.1 Å². The second kappa shape index (κ2) is 10.7. The number of benzene rings is 3. The highest BCUT2D eigenvalue weighted by atomic mass is 19.1. The summed E-state index contributed by atoms with van der Waals surface area (Å²) in [4.78, 5) is 20.8. The molecule has 0 spiro atoms. The van der Waals surface area contributed by atoms with E-state index in [1.54, 1.807) is 37.4 Å².